The molecule has 1 saturated heterocycles. The number of esters is 1. The van der Waals surface area contributed by atoms with Crippen molar-refractivity contribution in [3.05, 3.63) is 29.8 Å². The highest BCUT2D eigenvalue weighted by Gasteiger charge is 2.39. The summed E-state index contributed by atoms with van der Waals surface area (Å²) in [6.07, 6.45) is 4.32. The lowest BCUT2D eigenvalue weighted by Gasteiger charge is -2.33. The summed E-state index contributed by atoms with van der Waals surface area (Å²) < 4.78 is 34.4. The van der Waals surface area contributed by atoms with Crippen molar-refractivity contribution < 1.29 is 27.5 Å². The van der Waals surface area contributed by atoms with E-state index < -0.39 is 15.8 Å². The van der Waals surface area contributed by atoms with Crippen molar-refractivity contribution in [2.75, 3.05) is 24.7 Å². The zero-order chi connectivity index (χ0) is 20.9. The van der Waals surface area contributed by atoms with Crippen molar-refractivity contribution in [3.8, 4) is 5.75 Å². The predicted molar refractivity (Wildman–Crippen MR) is 108 cm³/mol. The van der Waals surface area contributed by atoms with Gasteiger partial charge < -0.3 is 14.4 Å². The van der Waals surface area contributed by atoms with Gasteiger partial charge in [-0.15, -0.1) is 0 Å². The maximum atomic E-state index is 12.8. The lowest BCUT2D eigenvalue weighted by Crippen LogP contribution is -2.48. The molecule has 0 N–H and O–H groups in total. The highest BCUT2D eigenvalue weighted by atomic mass is 32.2. The van der Waals surface area contributed by atoms with Gasteiger partial charge in [0.25, 0.3) is 5.91 Å². The van der Waals surface area contributed by atoms with Gasteiger partial charge in [-0.25, -0.2) is 8.42 Å². The van der Waals surface area contributed by atoms with Gasteiger partial charge in [-0.1, -0.05) is 30.5 Å². The Hall–Kier alpha value is -2.09. The smallest absolute Gasteiger partial charge is 0.309 e. The number of carbonyl (C=O) groups is 2. The third kappa shape index (κ3) is 6.19. The summed E-state index contributed by atoms with van der Waals surface area (Å²) in [6, 6.07) is 7.25. The first-order chi connectivity index (χ1) is 13.8. The zero-order valence-electron chi connectivity index (χ0n) is 16.8. The van der Waals surface area contributed by atoms with Crippen LogP contribution in [0.5, 0.6) is 5.75 Å². The lowest BCUT2D eigenvalue weighted by atomic mass is 10.1. The van der Waals surface area contributed by atoms with Crippen molar-refractivity contribution in [1.82, 2.24) is 4.90 Å². The Bertz CT molecular complexity index is 814. The van der Waals surface area contributed by atoms with E-state index in [0.717, 1.165) is 31.2 Å². The number of hydrogen-bond donors (Lipinski definition) is 0. The summed E-state index contributed by atoms with van der Waals surface area (Å²) >= 11 is 0. The number of rotatable bonds is 8. The summed E-state index contributed by atoms with van der Waals surface area (Å²) in [4.78, 5) is 26.5. The van der Waals surface area contributed by atoms with Gasteiger partial charge >= 0.3 is 5.97 Å². The van der Waals surface area contributed by atoms with Crippen LogP contribution in [0.1, 0.15) is 44.1 Å². The minimum Gasteiger partial charge on any atom is -0.493 e. The van der Waals surface area contributed by atoms with Crippen LogP contribution >= 0.6 is 0 Å². The van der Waals surface area contributed by atoms with Crippen LogP contribution in [0, 0.1) is 6.92 Å². The molecule has 160 valence electrons. The van der Waals surface area contributed by atoms with Crippen LogP contribution < -0.4 is 4.74 Å². The van der Waals surface area contributed by atoms with Crippen molar-refractivity contribution in [2.24, 2.45) is 0 Å². The number of benzene rings is 1. The van der Waals surface area contributed by atoms with Crippen LogP contribution in [-0.4, -0.2) is 62.0 Å². The fourth-order valence-electron chi connectivity index (χ4n) is 4.06. The molecule has 1 aliphatic carbocycles. The molecule has 1 saturated carbocycles. The van der Waals surface area contributed by atoms with Crippen LogP contribution in [0.25, 0.3) is 0 Å². The highest BCUT2D eigenvalue weighted by molar-refractivity contribution is 7.91. The van der Waals surface area contributed by atoms with Crippen LogP contribution in [0.4, 0.5) is 0 Å². The van der Waals surface area contributed by atoms with Gasteiger partial charge in [0.1, 0.15) is 5.75 Å². The average molecular weight is 424 g/mol. The first-order valence-electron chi connectivity index (χ1n) is 10.2. The van der Waals surface area contributed by atoms with Crippen LogP contribution in [0.3, 0.4) is 0 Å². The van der Waals surface area contributed by atoms with Crippen molar-refractivity contribution in [2.45, 2.75) is 57.5 Å². The van der Waals surface area contributed by atoms with Crippen molar-refractivity contribution in [3.63, 3.8) is 0 Å². The van der Waals surface area contributed by atoms with E-state index in [1.807, 2.05) is 31.2 Å². The molecule has 2 fully saturated rings. The van der Waals surface area contributed by atoms with E-state index in [1.54, 1.807) is 4.90 Å². The van der Waals surface area contributed by atoms with Gasteiger partial charge in [0.15, 0.2) is 16.4 Å². The molecule has 0 spiro atoms. The number of hydrogen-bond acceptors (Lipinski definition) is 6. The Balaban J connectivity index is 1.47. The van der Waals surface area contributed by atoms with E-state index in [9.17, 15) is 18.0 Å². The van der Waals surface area contributed by atoms with Crippen molar-refractivity contribution in [1.29, 1.82) is 0 Å². The lowest BCUT2D eigenvalue weighted by molar-refractivity contribution is -0.154. The normalized spacial score (nSPS) is 21.1. The quantitative estimate of drug-likeness (QED) is 0.596. The Labute approximate surface area is 172 Å². The Morgan fingerprint density at radius 2 is 1.76 bits per heavy atom. The van der Waals surface area contributed by atoms with Crippen LogP contribution in [0.2, 0.25) is 0 Å². The number of sulfone groups is 1. The second-order valence-electron chi connectivity index (χ2n) is 7.87. The molecular formula is C21H29NO6S. The summed E-state index contributed by atoms with van der Waals surface area (Å²) in [7, 11) is -3.09. The number of carbonyl (C=O) groups excluding carboxylic acids is 2. The predicted octanol–water partition coefficient (Wildman–Crippen LogP) is 2.27. The average Bonchev–Trinajstić information content (AvgIpc) is 3.32. The molecule has 3 rings (SSSR count). The fraction of sp³-hybridized carbons (Fsp3) is 0.619. The first kappa shape index (κ1) is 21.6. The third-order valence-electron chi connectivity index (χ3n) is 5.56. The number of amides is 1. The topological polar surface area (TPSA) is 90.0 Å². The maximum Gasteiger partial charge on any atom is 0.309 e. The van der Waals surface area contributed by atoms with E-state index in [2.05, 4.69) is 0 Å². The molecule has 29 heavy (non-hydrogen) atoms. The highest BCUT2D eigenvalue weighted by Crippen LogP contribution is 2.29. The fourth-order valence-corrected chi connectivity index (χ4v) is 5.77. The Morgan fingerprint density at radius 1 is 1.07 bits per heavy atom. The molecule has 1 atom stereocenters. The van der Waals surface area contributed by atoms with E-state index in [4.69, 9.17) is 9.47 Å². The summed E-state index contributed by atoms with van der Waals surface area (Å²) in [5, 5.41) is 0. The van der Waals surface area contributed by atoms with E-state index in [1.165, 1.54) is 0 Å². The molecule has 8 heteroatoms. The van der Waals surface area contributed by atoms with Crippen LogP contribution in [0.15, 0.2) is 24.3 Å². The number of nitrogens with zero attached hydrogens (tertiary/aromatic N) is 1. The summed E-state index contributed by atoms with van der Waals surface area (Å²) in [5.41, 5.74) is 1.12. The molecule has 1 aromatic rings. The number of aryl methyl sites for hydroxylation is 1. The molecule has 1 aliphatic heterocycles. The molecule has 1 aromatic carbocycles. The van der Waals surface area contributed by atoms with Gasteiger partial charge in [0.05, 0.1) is 24.5 Å². The van der Waals surface area contributed by atoms with Gasteiger partial charge in [0.2, 0.25) is 0 Å². The van der Waals surface area contributed by atoms with Gasteiger partial charge in [-0.3, -0.25) is 9.59 Å². The number of ether oxygens (including phenoxy) is 2. The molecular weight excluding hydrogens is 394 g/mol. The maximum absolute atomic E-state index is 12.8. The SMILES string of the molecule is Cc1ccc(OCCC(=O)OCC(=O)N(C2CCCC2)C2CCS(=O)(=O)C2)cc1. The molecule has 0 bridgehead atoms. The van der Waals surface area contributed by atoms with Gasteiger partial charge in [0, 0.05) is 12.1 Å². The first-order valence-corrected chi connectivity index (χ1v) is 12.0. The molecule has 0 aromatic heterocycles. The summed E-state index contributed by atoms with van der Waals surface area (Å²) in [6.45, 7) is 1.80. The third-order valence-corrected chi connectivity index (χ3v) is 7.31. The second kappa shape index (κ2) is 9.61. The van der Waals surface area contributed by atoms with E-state index in [-0.39, 0.29) is 49.1 Å². The van der Waals surface area contributed by atoms with Gasteiger partial charge in [-0.05, 0) is 38.3 Å². The molecule has 2 aliphatic rings. The van der Waals surface area contributed by atoms with E-state index >= 15 is 0 Å². The minimum absolute atomic E-state index is 0.00752. The van der Waals surface area contributed by atoms with E-state index in [0.29, 0.717) is 12.2 Å². The molecule has 1 amide bonds. The summed E-state index contributed by atoms with van der Waals surface area (Å²) in [5.74, 6) is -0.00487. The van der Waals surface area contributed by atoms with Gasteiger partial charge in [-0.2, -0.15) is 0 Å². The monoisotopic (exact) mass is 423 g/mol. The minimum atomic E-state index is -3.09. The van der Waals surface area contributed by atoms with Crippen LogP contribution in [-0.2, 0) is 24.2 Å². The molecule has 1 heterocycles. The van der Waals surface area contributed by atoms with Crippen molar-refractivity contribution >= 4 is 21.7 Å². The second-order valence-corrected chi connectivity index (χ2v) is 10.1. The standard InChI is InChI=1S/C21H29NO6S/c1-16-6-8-19(9-7-16)27-12-10-21(24)28-14-20(23)22(17-4-2-3-5-17)18-11-13-29(25,26)15-18/h6-9,17-18H,2-5,10-15H2,1H3. The zero-order valence-corrected chi connectivity index (χ0v) is 17.7. The molecule has 1 unspecified atom stereocenters. The Morgan fingerprint density at radius 3 is 2.38 bits per heavy atom. The molecule has 0 radical (unpaired) electrons. The molecule has 7 nitrogen and oxygen atoms in total. The largest absolute Gasteiger partial charge is 0.493 e. The Kier molecular flexibility index (Phi) is 7.16.